The van der Waals surface area contributed by atoms with E-state index in [1.165, 1.54) is 4.90 Å². The first-order chi connectivity index (χ1) is 12.9. The molecule has 1 fully saturated rings. The van der Waals surface area contributed by atoms with Crippen molar-refractivity contribution in [3.05, 3.63) is 16.0 Å². The van der Waals surface area contributed by atoms with E-state index in [2.05, 4.69) is 31.2 Å². The van der Waals surface area contributed by atoms with E-state index in [1.54, 1.807) is 32.5 Å². The molecule has 1 aliphatic heterocycles. The Morgan fingerprint density at radius 3 is 2.88 bits per heavy atom. The first-order valence-electron chi connectivity index (χ1n) is 9.33. The molecule has 2 rings (SSSR count). The standard InChI is InChI=1S/C16H24BrN5O3/c1-16(2,3)25-15(23)21-8-10(7-11(21)9-24-6)22-14(19-5)12(18-4)13(17)20-22/h10-11,19H,7-9H2,1-3,5-6H3/t10-,11+/m0/s1/i6D3. The number of likely N-dealkylation sites (tertiary alicyclic amines) is 1. The number of aromatic nitrogens is 2. The van der Waals surface area contributed by atoms with Crippen LogP contribution in [0.5, 0.6) is 0 Å². The number of anilines is 1. The van der Waals surface area contributed by atoms with Crippen molar-refractivity contribution in [2.45, 2.75) is 44.9 Å². The second kappa shape index (κ2) is 7.62. The Labute approximate surface area is 160 Å². The molecule has 0 aliphatic carbocycles. The van der Waals surface area contributed by atoms with E-state index in [0.717, 1.165) is 0 Å². The lowest BCUT2D eigenvalue weighted by Gasteiger charge is -2.28. The zero-order valence-electron chi connectivity index (χ0n) is 17.7. The maximum absolute atomic E-state index is 12.7. The highest BCUT2D eigenvalue weighted by Gasteiger charge is 2.39. The molecule has 2 heterocycles. The van der Waals surface area contributed by atoms with Gasteiger partial charge in [0.15, 0.2) is 0 Å². The molecule has 9 heteroatoms. The van der Waals surface area contributed by atoms with Gasteiger partial charge >= 0.3 is 6.09 Å². The van der Waals surface area contributed by atoms with E-state index in [4.69, 9.17) is 20.2 Å². The minimum absolute atomic E-state index is 0.154. The van der Waals surface area contributed by atoms with Gasteiger partial charge in [0.2, 0.25) is 0 Å². The van der Waals surface area contributed by atoms with Crippen molar-refractivity contribution >= 4 is 33.5 Å². The first-order valence-corrected chi connectivity index (χ1v) is 8.62. The molecule has 0 bridgehead atoms. The number of halogens is 1. The van der Waals surface area contributed by atoms with Gasteiger partial charge in [-0.3, -0.25) is 4.68 Å². The summed E-state index contributed by atoms with van der Waals surface area (Å²) in [5, 5.41) is 7.34. The fourth-order valence-corrected chi connectivity index (χ4v) is 3.31. The van der Waals surface area contributed by atoms with Gasteiger partial charge in [0.25, 0.3) is 5.69 Å². The number of carbonyl (C=O) groups is 1. The lowest BCUT2D eigenvalue weighted by molar-refractivity contribution is 0.0145. The molecule has 138 valence electrons. The minimum atomic E-state index is -2.56. The first kappa shape index (κ1) is 15.5. The zero-order valence-corrected chi connectivity index (χ0v) is 16.3. The lowest BCUT2D eigenvalue weighted by atomic mass is 10.2. The maximum atomic E-state index is 12.7. The largest absolute Gasteiger partial charge is 0.444 e. The Morgan fingerprint density at radius 1 is 1.60 bits per heavy atom. The summed E-state index contributed by atoms with van der Waals surface area (Å²) in [6.45, 7) is 12.7. The van der Waals surface area contributed by atoms with Crippen LogP contribution in [0.3, 0.4) is 0 Å². The van der Waals surface area contributed by atoms with Crippen LogP contribution < -0.4 is 5.32 Å². The normalized spacial score (nSPS) is 22.7. The van der Waals surface area contributed by atoms with Crippen LogP contribution in [0.25, 0.3) is 4.85 Å². The van der Waals surface area contributed by atoms with Crippen LogP contribution in [0.4, 0.5) is 16.3 Å². The summed E-state index contributed by atoms with van der Waals surface area (Å²) < 4.78 is 34.2. The van der Waals surface area contributed by atoms with E-state index >= 15 is 0 Å². The van der Waals surface area contributed by atoms with Crippen LogP contribution in [-0.2, 0) is 9.47 Å². The summed E-state index contributed by atoms with van der Waals surface area (Å²) in [5.41, 5.74) is -0.347. The van der Waals surface area contributed by atoms with Crippen LogP contribution in [0.15, 0.2) is 4.60 Å². The molecule has 0 aromatic carbocycles. The highest BCUT2D eigenvalue weighted by molar-refractivity contribution is 9.10. The van der Waals surface area contributed by atoms with Gasteiger partial charge in [-0.2, -0.15) is 5.10 Å². The predicted molar refractivity (Wildman–Crippen MR) is 98.0 cm³/mol. The van der Waals surface area contributed by atoms with Crippen molar-refractivity contribution in [2.75, 3.05) is 32.6 Å². The Kier molecular flexibility index (Phi) is 4.71. The van der Waals surface area contributed by atoms with E-state index in [-0.39, 0.29) is 19.2 Å². The molecule has 25 heavy (non-hydrogen) atoms. The van der Waals surface area contributed by atoms with Crippen molar-refractivity contribution < 1.29 is 18.4 Å². The Balaban J connectivity index is 2.30. The number of hydrogen-bond donors (Lipinski definition) is 1. The summed E-state index contributed by atoms with van der Waals surface area (Å²) in [5.74, 6) is 0.522. The second-order valence-electron chi connectivity index (χ2n) is 6.78. The van der Waals surface area contributed by atoms with Gasteiger partial charge in [0.05, 0.1) is 29.4 Å². The average molecular weight is 417 g/mol. The second-order valence-corrected chi connectivity index (χ2v) is 7.53. The third-order valence-corrected chi connectivity index (χ3v) is 4.37. The molecule has 1 aromatic heterocycles. The number of methoxy groups -OCH3 is 1. The SMILES string of the molecule is [2H]C([2H])([2H])OC[C@H]1C[C@H](n2nc(Br)c([N+]#[C-])c2NC)CN1C(=O)OC(C)(C)C. The topological polar surface area (TPSA) is 73.0 Å². The smallest absolute Gasteiger partial charge is 0.410 e. The molecule has 1 aromatic rings. The number of nitrogens with zero attached hydrogens (tertiary/aromatic N) is 4. The van der Waals surface area contributed by atoms with E-state index in [9.17, 15) is 4.79 Å². The predicted octanol–water partition coefficient (Wildman–Crippen LogP) is 3.43. The third-order valence-electron chi connectivity index (χ3n) is 3.83. The number of ether oxygens (including phenoxy) is 2. The van der Waals surface area contributed by atoms with Gasteiger partial charge in [0.1, 0.15) is 16.0 Å². The molecule has 8 nitrogen and oxygen atoms in total. The van der Waals surface area contributed by atoms with Gasteiger partial charge in [-0.1, -0.05) is 0 Å². The number of rotatable bonds is 4. The monoisotopic (exact) mass is 416 g/mol. The summed E-state index contributed by atoms with van der Waals surface area (Å²) >= 11 is 3.28. The number of carbonyl (C=O) groups excluding carboxylic acids is 1. The van der Waals surface area contributed by atoms with Crippen molar-refractivity contribution in [3.63, 3.8) is 0 Å². The Bertz CT molecular complexity index is 769. The van der Waals surface area contributed by atoms with Crippen LogP contribution in [0.1, 0.15) is 37.3 Å². The minimum Gasteiger partial charge on any atom is -0.444 e. The van der Waals surface area contributed by atoms with Crippen LogP contribution >= 0.6 is 15.9 Å². The number of amides is 1. The molecule has 1 N–H and O–H groups in total. The molecule has 0 spiro atoms. The Morgan fingerprint density at radius 2 is 2.32 bits per heavy atom. The van der Waals surface area contributed by atoms with Crippen molar-refractivity contribution in [3.8, 4) is 0 Å². The van der Waals surface area contributed by atoms with Gasteiger partial charge < -0.3 is 19.7 Å². The number of hydrogen-bond acceptors (Lipinski definition) is 5. The molecule has 1 saturated heterocycles. The summed E-state index contributed by atoms with van der Waals surface area (Å²) in [6.07, 6.45) is -0.132. The van der Waals surface area contributed by atoms with Gasteiger partial charge in [-0.05, 0) is 43.1 Å². The summed E-state index contributed by atoms with van der Waals surface area (Å²) in [4.78, 5) is 17.6. The molecule has 1 aliphatic rings. The van der Waals surface area contributed by atoms with E-state index in [1.807, 2.05) is 0 Å². The molecule has 0 unspecified atom stereocenters. The molecular formula is C16H24BrN5O3. The molecular weight excluding hydrogens is 390 g/mol. The molecule has 2 atom stereocenters. The maximum Gasteiger partial charge on any atom is 0.410 e. The summed E-state index contributed by atoms with van der Waals surface area (Å²) in [6, 6.07) is -0.767. The third kappa shape index (κ3) is 4.25. The fraction of sp³-hybridized carbons (Fsp3) is 0.688. The molecule has 0 radical (unpaired) electrons. The zero-order chi connectivity index (χ0) is 21.3. The highest BCUT2D eigenvalue weighted by Crippen LogP contribution is 2.38. The van der Waals surface area contributed by atoms with Gasteiger partial charge in [-0.15, -0.1) is 0 Å². The van der Waals surface area contributed by atoms with Crippen molar-refractivity contribution in [1.29, 1.82) is 0 Å². The average Bonchev–Trinajstić information content (AvgIpc) is 3.10. The van der Waals surface area contributed by atoms with Crippen LogP contribution in [0, 0.1) is 6.57 Å². The quantitative estimate of drug-likeness (QED) is 0.760. The number of nitrogens with one attached hydrogen (secondary N) is 1. The Hall–Kier alpha value is -1.79. The highest BCUT2D eigenvalue weighted by atomic mass is 79.9. The van der Waals surface area contributed by atoms with Crippen LogP contribution in [0.2, 0.25) is 0 Å². The molecule has 0 saturated carbocycles. The van der Waals surface area contributed by atoms with Crippen molar-refractivity contribution in [2.24, 2.45) is 0 Å². The van der Waals surface area contributed by atoms with Gasteiger partial charge in [-0.25, -0.2) is 9.64 Å². The fourth-order valence-electron chi connectivity index (χ4n) is 2.86. The summed E-state index contributed by atoms with van der Waals surface area (Å²) in [7, 11) is -0.871. The molecule has 1 amide bonds. The lowest BCUT2D eigenvalue weighted by Crippen LogP contribution is -2.41. The van der Waals surface area contributed by atoms with Crippen LogP contribution in [-0.4, -0.2) is 59.7 Å². The van der Waals surface area contributed by atoms with Crippen molar-refractivity contribution in [1.82, 2.24) is 14.7 Å². The van der Waals surface area contributed by atoms with Gasteiger partial charge in [0, 0.05) is 20.6 Å². The van der Waals surface area contributed by atoms with E-state index in [0.29, 0.717) is 22.5 Å². The van der Waals surface area contributed by atoms with E-state index < -0.39 is 24.8 Å².